The lowest BCUT2D eigenvalue weighted by atomic mass is 9.80. The Morgan fingerprint density at radius 2 is 0.960 bits per heavy atom. The van der Waals surface area contributed by atoms with Crippen LogP contribution in [0, 0.1) is 0 Å². The maximum atomic E-state index is 6.73. The molecule has 0 aliphatic rings. The molecule has 0 radical (unpaired) electrons. The van der Waals surface area contributed by atoms with Gasteiger partial charge in [0, 0.05) is 22.1 Å². The van der Waals surface area contributed by atoms with Crippen molar-refractivity contribution in [2.75, 3.05) is 0 Å². The van der Waals surface area contributed by atoms with E-state index in [9.17, 15) is 0 Å². The standard InChI is InChI=1S/C49H32O/c1-2-12-32(13-3-1)33-22-24-35(25-23-33)48(37-27-28-43-45-29-26-34-14-4-7-17-39(34)49(45)50-47(43)31-37)44-21-11-10-20-42(44)46-30-36-15-5-6-16-38(36)40-18-8-9-19-41(40)46/h1-31,48H. The summed E-state index contributed by atoms with van der Waals surface area (Å²) in [7, 11) is 0. The molecule has 0 saturated carbocycles. The van der Waals surface area contributed by atoms with E-state index in [4.69, 9.17) is 4.42 Å². The van der Waals surface area contributed by atoms with Crippen LogP contribution < -0.4 is 0 Å². The van der Waals surface area contributed by atoms with E-state index >= 15 is 0 Å². The second-order valence-electron chi connectivity index (χ2n) is 13.2. The molecule has 234 valence electrons. The molecule has 1 atom stereocenters. The lowest BCUT2D eigenvalue weighted by molar-refractivity contribution is 0.671. The smallest absolute Gasteiger partial charge is 0.143 e. The zero-order valence-electron chi connectivity index (χ0n) is 27.4. The Labute approximate surface area is 290 Å². The van der Waals surface area contributed by atoms with Gasteiger partial charge in [0.1, 0.15) is 11.2 Å². The van der Waals surface area contributed by atoms with Crippen LogP contribution in [-0.2, 0) is 0 Å². The van der Waals surface area contributed by atoms with Crippen LogP contribution in [0.5, 0.6) is 0 Å². The van der Waals surface area contributed by atoms with Gasteiger partial charge in [0.05, 0.1) is 0 Å². The second-order valence-corrected chi connectivity index (χ2v) is 13.2. The van der Waals surface area contributed by atoms with Gasteiger partial charge in [-0.15, -0.1) is 0 Å². The lowest BCUT2D eigenvalue weighted by Crippen LogP contribution is -2.05. The minimum Gasteiger partial charge on any atom is -0.455 e. The van der Waals surface area contributed by atoms with Crippen LogP contribution in [0.25, 0.3) is 76.5 Å². The highest BCUT2D eigenvalue weighted by molar-refractivity contribution is 6.15. The molecule has 10 rings (SSSR count). The molecule has 1 aromatic heterocycles. The Morgan fingerprint density at radius 3 is 1.80 bits per heavy atom. The van der Waals surface area contributed by atoms with Crippen molar-refractivity contribution in [1.82, 2.24) is 0 Å². The van der Waals surface area contributed by atoms with Crippen molar-refractivity contribution >= 4 is 54.3 Å². The van der Waals surface area contributed by atoms with Gasteiger partial charge in [-0.2, -0.15) is 0 Å². The minimum absolute atomic E-state index is 0.0318. The lowest BCUT2D eigenvalue weighted by Gasteiger charge is -2.23. The Bertz CT molecular complexity index is 2860. The molecule has 0 saturated heterocycles. The van der Waals surface area contributed by atoms with Crippen LogP contribution in [-0.4, -0.2) is 0 Å². The molecule has 9 aromatic carbocycles. The predicted molar refractivity (Wildman–Crippen MR) is 211 cm³/mol. The summed E-state index contributed by atoms with van der Waals surface area (Å²) in [6.45, 7) is 0. The van der Waals surface area contributed by atoms with Crippen LogP contribution in [0.3, 0.4) is 0 Å². The molecule has 0 fully saturated rings. The third-order valence-electron chi connectivity index (χ3n) is 10.4. The van der Waals surface area contributed by atoms with E-state index in [0.29, 0.717) is 0 Å². The summed E-state index contributed by atoms with van der Waals surface area (Å²) in [5.74, 6) is -0.0318. The molecule has 1 heterocycles. The average Bonchev–Trinajstić information content (AvgIpc) is 3.57. The van der Waals surface area contributed by atoms with Crippen molar-refractivity contribution in [3.63, 3.8) is 0 Å². The summed E-state index contributed by atoms with van der Waals surface area (Å²) in [4.78, 5) is 0. The van der Waals surface area contributed by atoms with Crippen molar-refractivity contribution in [1.29, 1.82) is 0 Å². The van der Waals surface area contributed by atoms with Crippen LogP contribution in [0.2, 0.25) is 0 Å². The average molecular weight is 637 g/mol. The Morgan fingerprint density at radius 1 is 0.340 bits per heavy atom. The maximum Gasteiger partial charge on any atom is 0.143 e. The quantitative estimate of drug-likeness (QED) is 0.135. The molecule has 10 aromatic rings. The monoisotopic (exact) mass is 636 g/mol. The SMILES string of the molecule is c1ccc(-c2ccc(C(c3ccc4c(c3)oc3c5ccccc5ccc43)c3ccccc3-c3cc4ccccc4c4ccccc34)cc2)cc1. The molecule has 1 heteroatoms. The summed E-state index contributed by atoms with van der Waals surface area (Å²) in [6.07, 6.45) is 0. The van der Waals surface area contributed by atoms with Crippen molar-refractivity contribution in [2.45, 2.75) is 5.92 Å². The molecule has 0 N–H and O–H groups in total. The van der Waals surface area contributed by atoms with Gasteiger partial charge in [-0.25, -0.2) is 0 Å². The zero-order valence-corrected chi connectivity index (χ0v) is 27.4. The molecule has 0 amide bonds. The van der Waals surface area contributed by atoms with E-state index in [2.05, 4.69) is 188 Å². The fourth-order valence-electron chi connectivity index (χ4n) is 8.02. The molecule has 1 unspecified atom stereocenters. The number of fused-ring (bicyclic) bond motifs is 8. The fraction of sp³-hybridized carbons (Fsp3) is 0.0204. The van der Waals surface area contributed by atoms with E-state index in [-0.39, 0.29) is 5.92 Å². The van der Waals surface area contributed by atoms with E-state index in [1.165, 1.54) is 65.9 Å². The van der Waals surface area contributed by atoms with Crippen LogP contribution in [0.1, 0.15) is 22.6 Å². The predicted octanol–water partition coefficient (Wildman–Crippen LogP) is 13.6. The van der Waals surface area contributed by atoms with Crippen molar-refractivity contribution < 1.29 is 4.42 Å². The van der Waals surface area contributed by atoms with Crippen LogP contribution >= 0.6 is 0 Å². The Balaban J connectivity index is 1.21. The number of furan rings is 1. The Hall–Kier alpha value is -6.44. The van der Waals surface area contributed by atoms with Gasteiger partial charge < -0.3 is 4.42 Å². The van der Waals surface area contributed by atoms with Crippen molar-refractivity contribution in [3.05, 3.63) is 205 Å². The fourth-order valence-corrected chi connectivity index (χ4v) is 8.02. The molecule has 1 nitrogen and oxygen atoms in total. The van der Waals surface area contributed by atoms with Gasteiger partial charge in [0.2, 0.25) is 0 Å². The summed E-state index contributed by atoms with van der Waals surface area (Å²) in [6, 6.07) is 68.3. The first-order chi connectivity index (χ1) is 24.8. The zero-order chi connectivity index (χ0) is 33.0. The third kappa shape index (κ3) is 4.63. The van der Waals surface area contributed by atoms with E-state index < -0.39 is 0 Å². The van der Waals surface area contributed by atoms with Crippen molar-refractivity contribution in [3.8, 4) is 22.3 Å². The highest BCUT2D eigenvalue weighted by atomic mass is 16.3. The Kier molecular flexibility index (Phi) is 6.63. The molecule has 50 heavy (non-hydrogen) atoms. The molecule has 0 aliphatic heterocycles. The van der Waals surface area contributed by atoms with Crippen LogP contribution in [0.15, 0.2) is 192 Å². The number of hydrogen-bond acceptors (Lipinski definition) is 1. The number of benzene rings is 9. The first-order valence-electron chi connectivity index (χ1n) is 17.3. The van der Waals surface area contributed by atoms with E-state index in [1.54, 1.807) is 0 Å². The van der Waals surface area contributed by atoms with Gasteiger partial charge in [-0.05, 0) is 84.1 Å². The highest BCUT2D eigenvalue weighted by Crippen LogP contribution is 2.44. The summed E-state index contributed by atoms with van der Waals surface area (Å²) in [5, 5.41) is 9.68. The van der Waals surface area contributed by atoms with Gasteiger partial charge in [-0.3, -0.25) is 0 Å². The first-order valence-corrected chi connectivity index (χ1v) is 17.3. The van der Waals surface area contributed by atoms with E-state index in [0.717, 1.165) is 27.3 Å². The minimum atomic E-state index is -0.0318. The first kappa shape index (κ1) is 28.6. The maximum absolute atomic E-state index is 6.73. The van der Waals surface area contributed by atoms with Gasteiger partial charge in [-0.1, -0.05) is 170 Å². The number of hydrogen-bond donors (Lipinski definition) is 0. The molecule has 0 bridgehead atoms. The van der Waals surface area contributed by atoms with Crippen molar-refractivity contribution in [2.24, 2.45) is 0 Å². The molecule has 0 aliphatic carbocycles. The van der Waals surface area contributed by atoms with Gasteiger partial charge in [0.15, 0.2) is 0 Å². The second kappa shape index (κ2) is 11.6. The number of rotatable bonds is 5. The van der Waals surface area contributed by atoms with Gasteiger partial charge >= 0.3 is 0 Å². The summed E-state index contributed by atoms with van der Waals surface area (Å²) in [5.41, 5.74) is 10.5. The highest BCUT2D eigenvalue weighted by Gasteiger charge is 2.23. The largest absolute Gasteiger partial charge is 0.455 e. The topological polar surface area (TPSA) is 13.1 Å². The normalized spacial score (nSPS) is 12.3. The third-order valence-corrected chi connectivity index (χ3v) is 10.4. The molecular formula is C49H32O. The van der Waals surface area contributed by atoms with Gasteiger partial charge in [0.25, 0.3) is 0 Å². The summed E-state index contributed by atoms with van der Waals surface area (Å²) >= 11 is 0. The molecule has 0 spiro atoms. The van der Waals surface area contributed by atoms with Crippen LogP contribution in [0.4, 0.5) is 0 Å². The summed E-state index contributed by atoms with van der Waals surface area (Å²) < 4.78 is 6.73. The molecular weight excluding hydrogens is 605 g/mol. The van der Waals surface area contributed by atoms with E-state index in [1.807, 2.05) is 0 Å².